The fraction of sp³-hybridized carbons (Fsp3) is 0.429. The summed E-state index contributed by atoms with van der Waals surface area (Å²) in [5.41, 5.74) is -0.600. The summed E-state index contributed by atoms with van der Waals surface area (Å²) in [5.74, 6) is -0.430. The van der Waals surface area contributed by atoms with Gasteiger partial charge in [0.15, 0.2) is 16.9 Å². The Kier molecular flexibility index (Phi) is 7.09. The van der Waals surface area contributed by atoms with Crippen molar-refractivity contribution >= 4 is 11.9 Å². The Balaban J connectivity index is 2.87. The van der Waals surface area contributed by atoms with Gasteiger partial charge in [0, 0.05) is 24.0 Å². The molecule has 0 radical (unpaired) electrons. The smallest absolute Gasteiger partial charge is 0.328 e. The number of methoxy groups -OCH3 is 2. The Morgan fingerprint density at radius 3 is 1.82 bits per heavy atom. The summed E-state index contributed by atoms with van der Waals surface area (Å²) >= 11 is 0. The van der Waals surface area contributed by atoms with Gasteiger partial charge < -0.3 is 23.5 Å². The molecule has 152 valence electrons. The Morgan fingerprint density at radius 1 is 0.893 bits per heavy atom. The Labute approximate surface area is 165 Å². The van der Waals surface area contributed by atoms with Crippen LogP contribution in [0.1, 0.15) is 32.8 Å². The normalized spacial score (nSPS) is 11.0. The maximum Gasteiger partial charge on any atom is 0.328 e. The molecule has 0 N–H and O–H groups in total. The van der Waals surface area contributed by atoms with Gasteiger partial charge in [-0.25, -0.2) is 0 Å². The van der Waals surface area contributed by atoms with Gasteiger partial charge >= 0.3 is 11.9 Å². The number of rotatable bonds is 9. The van der Waals surface area contributed by atoms with Crippen molar-refractivity contribution in [1.29, 1.82) is 0 Å². The quantitative estimate of drug-likeness (QED) is 0.484. The second-order valence-electron chi connectivity index (χ2n) is 6.01. The fourth-order valence-electron chi connectivity index (χ4n) is 3.21. The van der Waals surface area contributed by atoms with Crippen LogP contribution in [-0.2, 0) is 24.5 Å². The highest BCUT2D eigenvalue weighted by molar-refractivity contribution is 6.07. The monoisotopic (exact) mass is 389 g/mol. The van der Waals surface area contributed by atoms with Gasteiger partial charge in [-0.05, 0) is 38.5 Å². The van der Waals surface area contributed by atoms with E-state index < -0.39 is 17.4 Å². The third kappa shape index (κ3) is 3.69. The minimum Gasteiger partial charge on any atom is -0.493 e. The molecule has 1 aromatic carbocycles. The number of nitrogens with zero attached hydrogens (tertiary/aromatic N) is 1. The molecule has 0 saturated heterocycles. The van der Waals surface area contributed by atoms with Crippen LogP contribution >= 0.6 is 0 Å². The van der Waals surface area contributed by atoms with E-state index in [2.05, 4.69) is 0 Å². The van der Waals surface area contributed by atoms with E-state index in [0.717, 1.165) is 0 Å². The zero-order valence-electron chi connectivity index (χ0n) is 17.0. The van der Waals surface area contributed by atoms with Gasteiger partial charge in [0.05, 0.1) is 33.1 Å². The van der Waals surface area contributed by atoms with Crippen LogP contribution in [0.15, 0.2) is 36.7 Å². The molecule has 0 bridgehead atoms. The average Bonchev–Trinajstić information content (AvgIpc) is 3.23. The summed E-state index contributed by atoms with van der Waals surface area (Å²) in [4.78, 5) is 26.2. The molecule has 1 heterocycles. The number of hydrogen-bond donors (Lipinski definition) is 0. The van der Waals surface area contributed by atoms with Crippen LogP contribution in [0.5, 0.6) is 11.5 Å². The molecule has 0 atom stereocenters. The first-order valence-corrected chi connectivity index (χ1v) is 9.24. The minimum atomic E-state index is -1.63. The van der Waals surface area contributed by atoms with Gasteiger partial charge in [0.1, 0.15) is 0 Å². The van der Waals surface area contributed by atoms with E-state index in [0.29, 0.717) is 22.7 Å². The van der Waals surface area contributed by atoms with Crippen LogP contribution in [0.25, 0.3) is 5.69 Å². The molecule has 0 aliphatic carbocycles. The third-order valence-corrected chi connectivity index (χ3v) is 4.62. The number of benzene rings is 1. The molecule has 0 unspecified atom stereocenters. The second-order valence-corrected chi connectivity index (χ2v) is 6.01. The minimum absolute atomic E-state index is 0.145. The van der Waals surface area contributed by atoms with E-state index in [1.54, 1.807) is 37.5 Å². The lowest BCUT2D eigenvalue weighted by atomic mass is 9.76. The first-order chi connectivity index (χ1) is 13.5. The fourth-order valence-corrected chi connectivity index (χ4v) is 3.21. The summed E-state index contributed by atoms with van der Waals surface area (Å²) in [6, 6.07) is 7.08. The third-order valence-electron chi connectivity index (χ3n) is 4.62. The summed E-state index contributed by atoms with van der Waals surface area (Å²) in [7, 11) is 3.03. The molecule has 7 heteroatoms. The van der Waals surface area contributed by atoms with Gasteiger partial charge in [0.25, 0.3) is 0 Å². The van der Waals surface area contributed by atoms with Gasteiger partial charge in [-0.1, -0.05) is 6.92 Å². The molecular weight excluding hydrogens is 362 g/mol. The topological polar surface area (TPSA) is 76.0 Å². The van der Waals surface area contributed by atoms with Crippen LogP contribution in [0.2, 0.25) is 0 Å². The van der Waals surface area contributed by atoms with Crippen molar-refractivity contribution in [3.05, 3.63) is 42.2 Å². The molecule has 2 aromatic rings. The van der Waals surface area contributed by atoms with Crippen molar-refractivity contribution in [3.8, 4) is 17.2 Å². The van der Waals surface area contributed by atoms with Crippen LogP contribution in [0, 0.1) is 0 Å². The molecule has 0 aliphatic rings. The Morgan fingerprint density at radius 2 is 1.39 bits per heavy atom. The molecule has 0 spiro atoms. The second kappa shape index (κ2) is 9.30. The largest absolute Gasteiger partial charge is 0.493 e. The van der Waals surface area contributed by atoms with E-state index in [4.69, 9.17) is 18.9 Å². The first-order valence-electron chi connectivity index (χ1n) is 9.24. The summed E-state index contributed by atoms with van der Waals surface area (Å²) < 4.78 is 23.3. The van der Waals surface area contributed by atoms with E-state index in [9.17, 15) is 9.59 Å². The van der Waals surface area contributed by atoms with E-state index in [1.807, 2.05) is 24.5 Å². The summed E-state index contributed by atoms with van der Waals surface area (Å²) in [6.07, 6.45) is 3.80. The van der Waals surface area contributed by atoms with Crippen LogP contribution in [-0.4, -0.2) is 43.9 Å². The SMILES string of the molecule is CCOC(=O)C(CC)(C(=O)OCC)c1cc(OC)c(OC)cc1-n1cccc1. The Hall–Kier alpha value is -2.96. The predicted octanol–water partition coefficient (Wildman–Crippen LogP) is 3.27. The van der Waals surface area contributed by atoms with E-state index in [-0.39, 0.29) is 19.6 Å². The molecular formula is C21H27NO6. The highest BCUT2D eigenvalue weighted by Gasteiger charge is 2.51. The molecule has 28 heavy (non-hydrogen) atoms. The maximum atomic E-state index is 13.1. The van der Waals surface area contributed by atoms with Crippen LogP contribution < -0.4 is 9.47 Å². The number of carbonyl (C=O) groups is 2. The molecule has 0 aliphatic heterocycles. The van der Waals surface area contributed by atoms with Crippen molar-refractivity contribution < 1.29 is 28.5 Å². The maximum absolute atomic E-state index is 13.1. The van der Waals surface area contributed by atoms with Crippen molar-refractivity contribution in [1.82, 2.24) is 4.57 Å². The average molecular weight is 389 g/mol. The van der Waals surface area contributed by atoms with Gasteiger partial charge in [-0.2, -0.15) is 0 Å². The number of carbonyl (C=O) groups excluding carboxylic acids is 2. The summed E-state index contributed by atoms with van der Waals surface area (Å²) in [6.45, 7) is 5.44. The van der Waals surface area contributed by atoms with Crippen molar-refractivity contribution in [3.63, 3.8) is 0 Å². The van der Waals surface area contributed by atoms with Gasteiger partial charge in [-0.3, -0.25) is 9.59 Å². The van der Waals surface area contributed by atoms with Crippen LogP contribution in [0.4, 0.5) is 0 Å². The number of esters is 2. The first kappa shape index (κ1) is 21.3. The summed E-state index contributed by atoms with van der Waals surface area (Å²) in [5, 5.41) is 0. The number of hydrogen-bond acceptors (Lipinski definition) is 6. The molecule has 0 fully saturated rings. The molecule has 0 saturated carbocycles. The number of aromatic nitrogens is 1. The molecule has 1 aromatic heterocycles. The van der Waals surface area contributed by atoms with Crippen molar-refractivity contribution in [2.75, 3.05) is 27.4 Å². The van der Waals surface area contributed by atoms with Gasteiger partial charge in [0.2, 0.25) is 0 Å². The van der Waals surface area contributed by atoms with Gasteiger partial charge in [-0.15, -0.1) is 0 Å². The number of ether oxygens (including phenoxy) is 4. The lowest BCUT2D eigenvalue weighted by Gasteiger charge is -2.31. The lowest BCUT2D eigenvalue weighted by molar-refractivity contribution is -0.165. The highest BCUT2D eigenvalue weighted by atomic mass is 16.6. The zero-order valence-corrected chi connectivity index (χ0v) is 17.0. The molecule has 7 nitrogen and oxygen atoms in total. The molecule has 0 amide bonds. The predicted molar refractivity (Wildman–Crippen MR) is 104 cm³/mol. The van der Waals surface area contributed by atoms with Crippen LogP contribution in [0.3, 0.4) is 0 Å². The van der Waals surface area contributed by atoms with Crippen molar-refractivity contribution in [2.24, 2.45) is 0 Å². The van der Waals surface area contributed by atoms with E-state index in [1.165, 1.54) is 14.2 Å². The van der Waals surface area contributed by atoms with E-state index >= 15 is 0 Å². The zero-order chi connectivity index (χ0) is 20.7. The highest BCUT2D eigenvalue weighted by Crippen LogP contribution is 2.41. The standard InChI is InChI=1S/C21H27NO6/c1-6-21(19(23)27-7-2,20(24)28-8-3)15-13-17(25-4)18(26-5)14-16(15)22-11-9-10-12-22/h9-14H,6-8H2,1-5H3. The molecule has 2 rings (SSSR count). The Bertz CT molecular complexity index is 795. The lowest BCUT2D eigenvalue weighted by Crippen LogP contribution is -2.46. The van der Waals surface area contributed by atoms with Crippen molar-refractivity contribution in [2.45, 2.75) is 32.6 Å².